The van der Waals surface area contributed by atoms with Crippen LogP contribution in [0.1, 0.15) is 16.0 Å². The first-order chi connectivity index (χ1) is 8.63. The van der Waals surface area contributed by atoms with Gasteiger partial charge in [0.25, 0.3) is 0 Å². The smallest absolute Gasteiger partial charge is 0.131 e. The van der Waals surface area contributed by atoms with Crippen LogP contribution < -0.4 is 4.74 Å². The molecule has 0 spiro atoms. The highest BCUT2D eigenvalue weighted by molar-refractivity contribution is 9.09. The van der Waals surface area contributed by atoms with Crippen molar-refractivity contribution in [3.63, 3.8) is 0 Å². The van der Waals surface area contributed by atoms with Crippen LogP contribution in [0.25, 0.3) is 0 Å². The third-order valence-electron chi connectivity index (χ3n) is 2.65. The highest BCUT2D eigenvalue weighted by Gasteiger charge is 2.19. The molecule has 2 aromatic carbocycles. The molecular weight excluding hydrogens is 319 g/mol. The summed E-state index contributed by atoms with van der Waals surface area (Å²) < 4.78 is 19.1. The van der Waals surface area contributed by atoms with Crippen molar-refractivity contribution in [1.29, 1.82) is 0 Å². The molecule has 0 bridgehead atoms. The first-order valence-corrected chi connectivity index (χ1v) is 6.64. The zero-order valence-electron chi connectivity index (χ0n) is 9.66. The predicted octanol–water partition coefficient (Wildman–Crippen LogP) is 4.97. The highest BCUT2D eigenvalue weighted by Crippen LogP contribution is 2.38. The Balaban J connectivity index is 2.45. The van der Waals surface area contributed by atoms with E-state index in [1.54, 1.807) is 24.3 Å². The lowest BCUT2D eigenvalue weighted by atomic mass is 10.0. The number of rotatable bonds is 3. The second-order valence-corrected chi connectivity index (χ2v) is 5.12. The molecule has 0 saturated carbocycles. The van der Waals surface area contributed by atoms with Gasteiger partial charge in [-0.1, -0.05) is 45.7 Å². The fourth-order valence-electron chi connectivity index (χ4n) is 1.74. The number of ether oxygens (including phenoxy) is 1. The number of halogens is 3. The van der Waals surface area contributed by atoms with Gasteiger partial charge in [0.05, 0.1) is 11.9 Å². The Morgan fingerprint density at radius 3 is 2.44 bits per heavy atom. The normalized spacial score (nSPS) is 12.2. The molecule has 4 heteroatoms. The van der Waals surface area contributed by atoms with Crippen molar-refractivity contribution in [3.8, 4) is 5.75 Å². The number of methoxy groups -OCH3 is 1. The fraction of sp³-hybridized carbons (Fsp3) is 0.143. The van der Waals surface area contributed by atoms with Crippen LogP contribution in [-0.2, 0) is 0 Å². The summed E-state index contributed by atoms with van der Waals surface area (Å²) >= 11 is 9.34. The van der Waals surface area contributed by atoms with E-state index in [1.807, 2.05) is 12.1 Å². The molecule has 18 heavy (non-hydrogen) atoms. The lowest BCUT2D eigenvalue weighted by molar-refractivity contribution is 0.405. The largest absolute Gasteiger partial charge is 0.496 e. The standard InChI is InChI=1S/C14H11BrClFO/c1-18-12-4-2-3-11(17)13(12)14(15)9-5-7-10(16)8-6-9/h2-8,14H,1H3. The van der Waals surface area contributed by atoms with Crippen LogP contribution in [0.5, 0.6) is 5.75 Å². The molecule has 0 fully saturated rings. The molecule has 1 nitrogen and oxygen atoms in total. The van der Waals surface area contributed by atoms with Gasteiger partial charge in [0.2, 0.25) is 0 Å². The van der Waals surface area contributed by atoms with Gasteiger partial charge in [-0.05, 0) is 29.8 Å². The van der Waals surface area contributed by atoms with E-state index in [4.69, 9.17) is 16.3 Å². The number of alkyl halides is 1. The van der Waals surface area contributed by atoms with Crippen LogP contribution in [-0.4, -0.2) is 7.11 Å². The van der Waals surface area contributed by atoms with Crippen LogP contribution in [0.15, 0.2) is 42.5 Å². The third kappa shape index (κ3) is 2.68. The number of hydrogen-bond donors (Lipinski definition) is 0. The maximum atomic E-state index is 13.9. The molecule has 1 atom stereocenters. The lowest BCUT2D eigenvalue weighted by Crippen LogP contribution is -2.00. The van der Waals surface area contributed by atoms with Gasteiger partial charge in [-0.2, -0.15) is 0 Å². The summed E-state index contributed by atoms with van der Waals surface area (Å²) in [5.74, 6) is 0.220. The second-order valence-electron chi connectivity index (χ2n) is 3.77. The summed E-state index contributed by atoms with van der Waals surface area (Å²) in [5.41, 5.74) is 1.41. The van der Waals surface area contributed by atoms with Crippen molar-refractivity contribution >= 4 is 27.5 Å². The monoisotopic (exact) mass is 328 g/mol. The minimum atomic E-state index is -0.300. The SMILES string of the molecule is COc1cccc(F)c1C(Br)c1ccc(Cl)cc1. The van der Waals surface area contributed by atoms with E-state index < -0.39 is 0 Å². The Bertz CT molecular complexity index is 542. The molecule has 0 amide bonds. The Morgan fingerprint density at radius 1 is 1.17 bits per heavy atom. The van der Waals surface area contributed by atoms with Crippen molar-refractivity contribution < 1.29 is 9.13 Å². The minimum Gasteiger partial charge on any atom is -0.496 e. The van der Waals surface area contributed by atoms with Gasteiger partial charge >= 0.3 is 0 Å². The maximum Gasteiger partial charge on any atom is 0.131 e. The topological polar surface area (TPSA) is 9.23 Å². The van der Waals surface area contributed by atoms with Crippen molar-refractivity contribution in [2.75, 3.05) is 7.11 Å². The molecule has 0 radical (unpaired) electrons. The van der Waals surface area contributed by atoms with E-state index in [-0.39, 0.29) is 10.6 Å². The van der Waals surface area contributed by atoms with Crippen molar-refractivity contribution in [1.82, 2.24) is 0 Å². The first-order valence-electron chi connectivity index (χ1n) is 5.35. The summed E-state index contributed by atoms with van der Waals surface area (Å²) in [6.07, 6.45) is 0. The third-order valence-corrected chi connectivity index (χ3v) is 3.89. The van der Waals surface area contributed by atoms with Crippen molar-refractivity contribution in [2.24, 2.45) is 0 Å². The molecule has 94 valence electrons. The van der Waals surface area contributed by atoms with Gasteiger partial charge in [0, 0.05) is 10.6 Å². The average Bonchev–Trinajstić information content (AvgIpc) is 2.38. The first kappa shape index (κ1) is 13.4. The quantitative estimate of drug-likeness (QED) is 0.722. The Hall–Kier alpha value is -1.06. The van der Waals surface area contributed by atoms with Crippen LogP contribution >= 0.6 is 27.5 Å². The van der Waals surface area contributed by atoms with E-state index >= 15 is 0 Å². The molecule has 0 aliphatic heterocycles. The van der Waals surface area contributed by atoms with E-state index in [9.17, 15) is 4.39 Å². The molecule has 0 aliphatic rings. The zero-order valence-corrected chi connectivity index (χ0v) is 12.0. The van der Waals surface area contributed by atoms with E-state index in [0.717, 1.165) is 5.56 Å². The molecule has 2 rings (SSSR count). The molecule has 1 unspecified atom stereocenters. The van der Waals surface area contributed by atoms with Gasteiger partial charge < -0.3 is 4.74 Å². The van der Waals surface area contributed by atoms with Gasteiger partial charge in [-0.15, -0.1) is 0 Å². The maximum absolute atomic E-state index is 13.9. The number of hydrogen-bond acceptors (Lipinski definition) is 1. The van der Waals surface area contributed by atoms with Gasteiger partial charge in [0.1, 0.15) is 11.6 Å². The predicted molar refractivity (Wildman–Crippen MR) is 75.2 cm³/mol. The van der Waals surface area contributed by atoms with Crippen molar-refractivity contribution in [3.05, 3.63) is 64.4 Å². The molecule has 2 aromatic rings. The lowest BCUT2D eigenvalue weighted by Gasteiger charge is -2.15. The van der Waals surface area contributed by atoms with E-state index in [0.29, 0.717) is 16.3 Å². The zero-order chi connectivity index (χ0) is 13.1. The molecule has 0 N–H and O–H groups in total. The van der Waals surface area contributed by atoms with E-state index in [1.165, 1.54) is 13.2 Å². The summed E-state index contributed by atoms with van der Waals surface area (Å²) in [7, 11) is 1.53. The van der Waals surface area contributed by atoms with Crippen LogP contribution in [0.3, 0.4) is 0 Å². The van der Waals surface area contributed by atoms with Crippen molar-refractivity contribution in [2.45, 2.75) is 4.83 Å². The fourth-order valence-corrected chi connectivity index (χ4v) is 2.62. The second kappa shape index (κ2) is 5.72. The summed E-state index contributed by atoms with van der Waals surface area (Å²) in [6.45, 7) is 0. The Morgan fingerprint density at radius 2 is 1.83 bits per heavy atom. The molecule has 0 aliphatic carbocycles. The molecular formula is C14H11BrClFO. The molecule has 0 aromatic heterocycles. The van der Waals surface area contributed by atoms with Crippen LogP contribution in [0.4, 0.5) is 4.39 Å². The Labute approximate surface area is 119 Å². The number of benzene rings is 2. The summed E-state index contributed by atoms with van der Waals surface area (Å²) in [4.78, 5) is -0.272. The van der Waals surface area contributed by atoms with Crippen LogP contribution in [0.2, 0.25) is 5.02 Å². The van der Waals surface area contributed by atoms with Gasteiger partial charge in [-0.3, -0.25) is 0 Å². The summed E-state index contributed by atoms with van der Waals surface area (Å²) in [6, 6.07) is 12.0. The molecule has 0 heterocycles. The Kier molecular flexibility index (Phi) is 4.25. The van der Waals surface area contributed by atoms with Gasteiger partial charge in [0.15, 0.2) is 0 Å². The summed E-state index contributed by atoms with van der Waals surface area (Å²) in [5, 5.41) is 0.652. The average molecular weight is 330 g/mol. The highest BCUT2D eigenvalue weighted by atomic mass is 79.9. The van der Waals surface area contributed by atoms with Crippen LogP contribution in [0, 0.1) is 5.82 Å². The van der Waals surface area contributed by atoms with Gasteiger partial charge in [-0.25, -0.2) is 4.39 Å². The minimum absolute atomic E-state index is 0.272. The van der Waals surface area contributed by atoms with E-state index in [2.05, 4.69) is 15.9 Å². The molecule has 0 saturated heterocycles.